The predicted octanol–water partition coefficient (Wildman–Crippen LogP) is 1.82. The zero-order valence-electron chi connectivity index (χ0n) is 5.82. The van der Waals surface area contributed by atoms with Crippen molar-refractivity contribution in [2.24, 2.45) is 0 Å². The second kappa shape index (κ2) is 2.73. The molecule has 2 heteroatoms. The Hall–Kier alpha value is -1.33. The van der Waals surface area contributed by atoms with Crippen LogP contribution in [0, 0.1) is 6.20 Å². The second-order valence-electron chi connectivity index (χ2n) is 2.15. The van der Waals surface area contributed by atoms with E-state index in [2.05, 4.69) is 22.6 Å². The van der Waals surface area contributed by atoms with Gasteiger partial charge in [-0.2, -0.15) is 0 Å². The van der Waals surface area contributed by atoms with Crippen LogP contribution < -0.4 is 4.98 Å². The van der Waals surface area contributed by atoms with Gasteiger partial charge in [0.05, 0.1) is 6.07 Å². The van der Waals surface area contributed by atoms with Crippen molar-refractivity contribution >= 4 is 11.3 Å². The van der Waals surface area contributed by atoms with Gasteiger partial charge in [-0.3, -0.25) is 0 Å². The third kappa shape index (κ3) is 1.24. The largest absolute Gasteiger partial charge is 0.312 e. The first-order chi connectivity index (χ1) is 5.47. The van der Waals surface area contributed by atoms with Crippen molar-refractivity contribution in [3.63, 3.8) is 0 Å². The molecular weight excluding hydrogens is 154 g/mol. The maximum absolute atomic E-state index is 3.83. The topological polar surface area (TPSA) is 14.1 Å². The molecule has 0 saturated carbocycles. The Morgan fingerprint density at radius 3 is 3.00 bits per heavy atom. The van der Waals surface area contributed by atoms with E-state index >= 15 is 0 Å². The van der Waals surface area contributed by atoms with Gasteiger partial charge in [0.1, 0.15) is 0 Å². The van der Waals surface area contributed by atoms with Crippen molar-refractivity contribution in [2.75, 3.05) is 0 Å². The van der Waals surface area contributed by atoms with Crippen LogP contribution >= 0.6 is 11.3 Å². The molecule has 0 aliphatic rings. The van der Waals surface area contributed by atoms with Gasteiger partial charge < -0.3 is 0 Å². The fourth-order valence-electron chi connectivity index (χ4n) is 0.912. The van der Waals surface area contributed by atoms with Gasteiger partial charge in [-0.15, -0.1) is 11.3 Å². The number of thiophene rings is 1. The quantitative estimate of drug-likeness (QED) is 0.620. The summed E-state index contributed by atoms with van der Waals surface area (Å²) in [4.78, 5) is 5.10. The molecule has 2 aromatic heterocycles. The molecule has 0 amide bonds. The van der Waals surface area contributed by atoms with Crippen molar-refractivity contribution in [1.29, 1.82) is 0 Å². The van der Waals surface area contributed by atoms with Gasteiger partial charge in [0, 0.05) is 16.5 Å². The molecule has 2 heterocycles. The summed E-state index contributed by atoms with van der Waals surface area (Å²) in [6.07, 6.45) is 4.56. The highest BCUT2D eigenvalue weighted by Gasteiger charge is 1.97. The van der Waals surface area contributed by atoms with E-state index in [1.165, 1.54) is 10.4 Å². The first-order valence-corrected chi connectivity index (χ1v) is 4.21. The summed E-state index contributed by atoms with van der Waals surface area (Å²) >= 11 is 1.73. The van der Waals surface area contributed by atoms with E-state index in [-0.39, 0.29) is 0 Å². The minimum absolute atomic E-state index is 1.19. The van der Waals surface area contributed by atoms with E-state index in [0.29, 0.717) is 0 Å². The molecule has 0 N–H and O–H groups in total. The van der Waals surface area contributed by atoms with Crippen LogP contribution in [-0.4, -0.2) is 0 Å². The zero-order valence-corrected chi connectivity index (χ0v) is 6.64. The Morgan fingerprint density at radius 2 is 2.36 bits per heavy atom. The fourth-order valence-corrected chi connectivity index (χ4v) is 1.64. The van der Waals surface area contributed by atoms with Crippen LogP contribution in [0.3, 0.4) is 0 Å². The normalized spacial score (nSPS) is 9.09. The minimum Gasteiger partial charge on any atom is -0.144 e. The Balaban J connectivity index is 2.46. The van der Waals surface area contributed by atoms with Crippen LogP contribution in [0.15, 0.2) is 35.8 Å². The third-order valence-electron chi connectivity index (χ3n) is 1.43. The average Bonchev–Trinajstić information content (AvgIpc) is 2.58. The molecule has 0 spiro atoms. The van der Waals surface area contributed by atoms with E-state index in [1.807, 2.05) is 18.2 Å². The van der Waals surface area contributed by atoms with E-state index in [0.717, 1.165) is 0 Å². The van der Waals surface area contributed by atoms with Gasteiger partial charge in [-0.1, -0.05) is 6.07 Å². The van der Waals surface area contributed by atoms with Crippen LogP contribution in [0.25, 0.3) is 10.4 Å². The molecule has 0 radical (unpaired) electrons. The van der Waals surface area contributed by atoms with Crippen molar-refractivity contribution in [1.82, 2.24) is 0 Å². The van der Waals surface area contributed by atoms with Gasteiger partial charge >= 0.3 is 12.4 Å². The molecule has 0 aliphatic carbocycles. The van der Waals surface area contributed by atoms with Crippen molar-refractivity contribution in [2.45, 2.75) is 0 Å². The molecule has 0 bridgehead atoms. The second-order valence-corrected chi connectivity index (χ2v) is 3.10. The summed E-state index contributed by atoms with van der Waals surface area (Å²) in [5.74, 6) is 0. The van der Waals surface area contributed by atoms with Crippen LogP contribution in [-0.2, 0) is 0 Å². The Bertz CT molecular complexity index is 313. The number of hydrogen-bond acceptors (Lipinski definition) is 1. The molecule has 0 atom stereocenters. The summed E-state index contributed by atoms with van der Waals surface area (Å²) in [7, 11) is 0. The van der Waals surface area contributed by atoms with Gasteiger partial charge in [-0.05, 0) is 16.4 Å². The smallest absolute Gasteiger partial charge is 0.144 e. The average molecular weight is 160 g/mol. The molecule has 2 aromatic rings. The number of nitrogens with zero attached hydrogens (tertiary/aromatic N) is 1. The molecule has 52 valence electrons. The monoisotopic (exact) mass is 160 g/mol. The van der Waals surface area contributed by atoms with E-state index in [4.69, 9.17) is 0 Å². The van der Waals surface area contributed by atoms with E-state index < -0.39 is 0 Å². The van der Waals surface area contributed by atoms with Crippen LogP contribution in [0.1, 0.15) is 0 Å². The highest BCUT2D eigenvalue weighted by atomic mass is 32.1. The standard InChI is InChI=1S/C9H6NS/c1-2-9(11-7-1)8-3-5-10-6-4-8/h1-5,7H/q+1. The summed E-state index contributed by atoms with van der Waals surface area (Å²) < 4.78 is 0. The lowest BCUT2D eigenvalue weighted by atomic mass is 10.2. The molecule has 0 aromatic carbocycles. The third-order valence-corrected chi connectivity index (χ3v) is 2.35. The zero-order chi connectivity index (χ0) is 7.52. The van der Waals surface area contributed by atoms with Crippen LogP contribution in [0.4, 0.5) is 0 Å². The summed E-state index contributed by atoms with van der Waals surface area (Å²) in [5, 5.41) is 2.07. The maximum Gasteiger partial charge on any atom is 0.312 e. The fraction of sp³-hybridized carbons (Fsp3) is 0. The minimum atomic E-state index is 1.19. The molecule has 0 unspecified atom stereocenters. The summed E-state index contributed by atoms with van der Waals surface area (Å²) in [6.45, 7) is 0. The van der Waals surface area contributed by atoms with Crippen molar-refractivity contribution in [3.05, 3.63) is 42.0 Å². The molecule has 0 aliphatic heterocycles. The Morgan fingerprint density at radius 1 is 1.36 bits per heavy atom. The number of aromatic nitrogens is 1. The van der Waals surface area contributed by atoms with E-state index in [1.54, 1.807) is 17.5 Å². The molecule has 1 nitrogen and oxygen atoms in total. The highest BCUT2D eigenvalue weighted by Crippen LogP contribution is 2.22. The van der Waals surface area contributed by atoms with Crippen LogP contribution in [0.2, 0.25) is 0 Å². The molecule has 2 rings (SSSR count). The van der Waals surface area contributed by atoms with Gasteiger partial charge in [0.15, 0.2) is 0 Å². The van der Waals surface area contributed by atoms with Gasteiger partial charge in [0.25, 0.3) is 0 Å². The van der Waals surface area contributed by atoms with Gasteiger partial charge in [-0.25, -0.2) is 0 Å². The SMILES string of the molecule is c1cc(-c2cccs2)cc[n+]#1. The molecule has 0 saturated heterocycles. The summed E-state index contributed by atoms with van der Waals surface area (Å²) in [5.41, 5.74) is 1.19. The van der Waals surface area contributed by atoms with E-state index in [9.17, 15) is 0 Å². The van der Waals surface area contributed by atoms with Crippen LogP contribution in [0.5, 0.6) is 0 Å². The highest BCUT2D eigenvalue weighted by molar-refractivity contribution is 7.13. The number of rotatable bonds is 1. The Kier molecular flexibility index (Phi) is 1.58. The molecule has 11 heavy (non-hydrogen) atoms. The predicted molar refractivity (Wildman–Crippen MR) is 44.2 cm³/mol. The number of hydrogen-bond donors (Lipinski definition) is 0. The molecule has 0 fully saturated rings. The summed E-state index contributed by atoms with van der Waals surface area (Å²) in [6, 6.07) is 8.02. The Labute approximate surface area is 69.3 Å². The van der Waals surface area contributed by atoms with Crippen molar-refractivity contribution in [3.8, 4) is 10.4 Å². The van der Waals surface area contributed by atoms with Gasteiger partial charge in [0.2, 0.25) is 0 Å². The lowest BCUT2D eigenvalue weighted by Gasteiger charge is -1.86. The lowest BCUT2D eigenvalue weighted by molar-refractivity contribution is -0.293. The maximum atomic E-state index is 3.83. The lowest BCUT2D eigenvalue weighted by Crippen LogP contribution is -1.85. The first-order valence-electron chi connectivity index (χ1n) is 3.33. The first kappa shape index (κ1) is 6.38. The molecular formula is C9H6NS+. The van der Waals surface area contributed by atoms with Crippen molar-refractivity contribution < 1.29 is 4.98 Å².